The quantitative estimate of drug-likeness (QED) is 0.227. The van der Waals surface area contributed by atoms with Gasteiger partial charge in [0, 0.05) is 16.7 Å². The number of aromatic hydroxyl groups is 3. The third-order valence-corrected chi connectivity index (χ3v) is 12.6. The maximum Gasteiger partial charge on any atom is 0.232 e. The van der Waals surface area contributed by atoms with E-state index >= 15 is 14.4 Å². The van der Waals surface area contributed by atoms with Gasteiger partial charge in [-0.1, -0.05) is 143 Å². The highest BCUT2D eigenvalue weighted by Crippen LogP contribution is 2.47. The predicted molar refractivity (Wildman–Crippen MR) is 257 cm³/mol. The highest BCUT2D eigenvalue weighted by Gasteiger charge is 2.42. The maximum absolute atomic E-state index is 15.1. The molecule has 0 bridgehead atoms. The first-order valence-electron chi connectivity index (χ1n) is 22.8. The van der Waals surface area contributed by atoms with E-state index in [1.54, 1.807) is 32.9 Å². The van der Waals surface area contributed by atoms with Gasteiger partial charge in [0.25, 0.3) is 0 Å². The SMILES string of the molecule is CC(C(=O)N1CN(C(=O)C(C)c2ccc(O)c(C(C)(C)C)c2C(C)(C)C)CN(C(=O)C(C)c2ccc(O)c(C(C)(C)C)c2C(C)(C)C)C1)c1ccc(O)c(C(C)(C)C)c1C(C)(C)C. The van der Waals surface area contributed by atoms with Crippen LogP contribution in [0.15, 0.2) is 36.4 Å². The van der Waals surface area contributed by atoms with Crippen LogP contribution in [0.1, 0.15) is 213 Å². The molecule has 3 amide bonds. The summed E-state index contributed by atoms with van der Waals surface area (Å²) < 4.78 is 0. The van der Waals surface area contributed by atoms with Gasteiger partial charge in [0.15, 0.2) is 0 Å². The Morgan fingerprint density at radius 3 is 0.698 bits per heavy atom. The minimum atomic E-state index is -0.680. The zero-order chi connectivity index (χ0) is 48.5. The molecule has 3 aromatic carbocycles. The van der Waals surface area contributed by atoms with Crippen LogP contribution in [0.4, 0.5) is 0 Å². The van der Waals surface area contributed by atoms with Crippen molar-refractivity contribution in [2.75, 3.05) is 20.0 Å². The number of phenols is 3. The van der Waals surface area contributed by atoms with Crippen molar-refractivity contribution in [1.82, 2.24) is 14.7 Å². The van der Waals surface area contributed by atoms with Gasteiger partial charge < -0.3 is 30.0 Å². The Balaban J connectivity index is 1.92. The normalized spacial score (nSPS) is 16.2. The van der Waals surface area contributed by atoms with Crippen LogP contribution in [0, 0.1) is 0 Å². The second-order valence-electron chi connectivity index (χ2n) is 24.5. The molecule has 1 heterocycles. The molecular weight excluding hydrogens is 787 g/mol. The third kappa shape index (κ3) is 10.4. The summed E-state index contributed by atoms with van der Waals surface area (Å²) in [6.07, 6.45) is 0. The van der Waals surface area contributed by atoms with Crippen molar-refractivity contribution in [1.29, 1.82) is 0 Å². The molecule has 4 rings (SSSR count). The molecule has 348 valence electrons. The second kappa shape index (κ2) is 17.1. The van der Waals surface area contributed by atoms with Crippen molar-refractivity contribution in [3.8, 4) is 17.2 Å². The molecule has 0 aromatic heterocycles. The van der Waals surface area contributed by atoms with E-state index < -0.39 is 50.2 Å². The van der Waals surface area contributed by atoms with E-state index in [4.69, 9.17) is 0 Å². The number of hydrogen-bond donors (Lipinski definition) is 3. The van der Waals surface area contributed by atoms with Gasteiger partial charge in [0.05, 0.1) is 37.8 Å². The largest absolute Gasteiger partial charge is 0.508 e. The van der Waals surface area contributed by atoms with E-state index in [1.165, 1.54) is 0 Å². The molecule has 3 N–H and O–H groups in total. The van der Waals surface area contributed by atoms with E-state index in [-0.39, 0.29) is 55.0 Å². The molecular formula is C54H81N3O6. The number of benzene rings is 3. The van der Waals surface area contributed by atoms with Crippen molar-refractivity contribution in [2.45, 2.75) is 196 Å². The molecule has 1 aliphatic heterocycles. The molecule has 3 atom stereocenters. The molecule has 1 fully saturated rings. The number of rotatable bonds is 6. The fourth-order valence-corrected chi connectivity index (χ4v) is 10.00. The summed E-state index contributed by atoms with van der Waals surface area (Å²) in [6.45, 7) is 42.8. The van der Waals surface area contributed by atoms with Crippen LogP contribution >= 0.6 is 0 Å². The fourth-order valence-electron chi connectivity index (χ4n) is 10.00. The van der Waals surface area contributed by atoms with Crippen LogP contribution in [0.2, 0.25) is 0 Å². The zero-order valence-electron chi connectivity index (χ0n) is 42.7. The second-order valence-corrected chi connectivity index (χ2v) is 24.5. The van der Waals surface area contributed by atoms with Crippen molar-refractivity contribution in [3.05, 3.63) is 86.5 Å². The van der Waals surface area contributed by atoms with E-state index in [0.717, 1.165) is 50.1 Å². The molecule has 9 nitrogen and oxygen atoms in total. The lowest BCUT2D eigenvalue weighted by Gasteiger charge is -2.45. The molecule has 63 heavy (non-hydrogen) atoms. The van der Waals surface area contributed by atoms with E-state index in [2.05, 4.69) is 125 Å². The van der Waals surface area contributed by atoms with E-state index in [1.807, 2.05) is 39.0 Å². The molecule has 0 radical (unpaired) electrons. The Kier molecular flexibility index (Phi) is 13.9. The van der Waals surface area contributed by atoms with Crippen LogP contribution in [0.5, 0.6) is 17.2 Å². The third-order valence-electron chi connectivity index (χ3n) is 12.6. The molecule has 0 aliphatic carbocycles. The molecule has 1 aliphatic rings. The van der Waals surface area contributed by atoms with E-state index in [0.29, 0.717) is 0 Å². The van der Waals surface area contributed by atoms with Gasteiger partial charge in [-0.2, -0.15) is 0 Å². The lowest BCUT2D eigenvalue weighted by atomic mass is 9.71. The average Bonchev–Trinajstić information content (AvgIpc) is 3.12. The van der Waals surface area contributed by atoms with Gasteiger partial charge in [-0.3, -0.25) is 14.4 Å². The highest BCUT2D eigenvalue weighted by molar-refractivity contribution is 5.89. The van der Waals surface area contributed by atoms with Crippen molar-refractivity contribution in [3.63, 3.8) is 0 Å². The Morgan fingerprint density at radius 2 is 0.540 bits per heavy atom. The monoisotopic (exact) mass is 868 g/mol. The summed E-state index contributed by atoms with van der Waals surface area (Å²) in [5, 5.41) is 33.7. The number of nitrogens with zero attached hydrogens (tertiary/aromatic N) is 3. The first-order chi connectivity index (χ1) is 28.3. The summed E-state index contributed by atoms with van der Waals surface area (Å²) in [5.74, 6) is -2.22. The number of hydrogen-bond acceptors (Lipinski definition) is 6. The van der Waals surface area contributed by atoms with Gasteiger partial charge >= 0.3 is 0 Å². The number of carbonyl (C=O) groups excluding carboxylic acids is 3. The Morgan fingerprint density at radius 1 is 0.365 bits per heavy atom. The smallest absolute Gasteiger partial charge is 0.232 e. The van der Waals surface area contributed by atoms with Gasteiger partial charge in [-0.05, 0) is 105 Å². The number of phenolic OH excluding ortho intramolecular Hbond substituents is 3. The van der Waals surface area contributed by atoms with Crippen LogP contribution in [-0.2, 0) is 46.9 Å². The minimum absolute atomic E-state index is 0.0325. The van der Waals surface area contributed by atoms with Gasteiger partial charge in [-0.15, -0.1) is 0 Å². The highest BCUT2D eigenvalue weighted by atomic mass is 16.3. The standard InChI is InChI=1S/C54H81N3O6/c1-31(34-22-25-37(58)43(52(13,14)15)40(34)49(4,5)6)46(61)55-28-56(47(62)32(2)35-23-26-38(59)44(53(16,17)18)41(35)50(7,8)9)30-57(29-55)48(63)33(3)36-24-27-39(60)45(54(19,20)21)42(36)51(10,11)12/h22-27,31-33,58-60H,28-30H2,1-21H3. The maximum atomic E-state index is 15.1. The summed E-state index contributed by atoms with van der Waals surface area (Å²) in [7, 11) is 0. The molecule has 3 unspecified atom stereocenters. The molecule has 0 saturated carbocycles. The van der Waals surface area contributed by atoms with Gasteiger partial charge in [-0.25, -0.2) is 0 Å². The summed E-state index contributed by atoms with van der Waals surface area (Å²) in [5.41, 5.74) is 4.92. The summed E-state index contributed by atoms with van der Waals surface area (Å²) >= 11 is 0. The summed E-state index contributed by atoms with van der Waals surface area (Å²) in [6, 6.07) is 10.5. The minimum Gasteiger partial charge on any atom is -0.508 e. The Labute approximate surface area is 380 Å². The van der Waals surface area contributed by atoms with Gasteiger partial charge in [0.2, 0.25) is 17.7 Å². The first-order valence-corrected chi connectivity index (χ1v) is 22.8. The molecule has 0 spiro atoms. The average molecular weight is 868 g/mol. The van der Waals surface area contributed by atoms with Crippen LogP contribution in [0.3, 0.4) is 0 Å². The number of amides is 3. The molecule has 3 aromatic rings. The van der Waals surface area contributed by atoms with Gasteiger partial charge in [0.1, 0.15) is 17.2 Å². The zero-order valence-corrected chi connectivity index (χ0v) is 42.7. The van der Waals surface area contributed by atoms with Crippen molar-refractivity contribution < 1.29 is 29.7 Å². The molecule has 9 heteroatoms. The molecule has 1 saturated heterocycles. The van der Waals surface area contributed by atoms with Crippen LogP contribution in [0.25, 0.3) is 0 Å². The topological polar surface area (TPSA) is 122 Å². The fraction of sp³-hybridized carbons (Fsp3) is 0.611. The number of carbonyl (C=O) groups is 3. The lowest BCUT2D eigenvalue weighted by Crippen LogP contribution is -2.61. The van der Waals surface area contributed by atoms with Crippen LogP contribution in [-0.4, -0.2) is 67.7 Å². The first kappa shape index (κ1) is 51.1. The Hall–Kier alpha value is -4.53. The lowest BCUT2D eigenvalue weighted by molar-refractivity contribution is -0.160. The predicted octanol–water partition coefficient (Wildman–Crippen LogP) is 11.7. The van der Waals surface area contributed by atoms with Crippen molar-refractivity contribution >= 4 is 17.7 Å². The van der Waals surface area contributed by atoms with Crippen molar-refractivity contribution in [2.24, 2.45) is 0 Å². The summed E-state index contributed by atoms with van der Waals surface area (Å²) in [4.78, 5) is 50.2. The Bertz CT molecular complexity index is 1970. The van der Waals surface area contributed by atoms with Crippen LogP contribution < -0.4 is 0 Å². The van der Waals surface area contributed by atoms with E-state index in [9.17, 15) is 15.3 Å².